The number of rotatable bonds is 9. The summed E-state index contributed by atoms with van der Waals surface area (Å²) >= 11 is 0. The van der Waals surface area contributed by atoms with Crippen LogP contribution < -0.4 is 20.3 Å². The average molecular weight is 485 g/mol. The van der Waals surface area contributed by atoms with Crippen LogP contribution in [-0.4, -0.2) is 53.7 Å². The van der Waals surface area contributed by atoms with E-state index in [-0.39, 0.29) is 5.91 Å². The molecule has 5 rings (SSSR count). The molecular weight excluding hydrogens is 452 g/mol. The lowest BCUT2D eigenvalue weighted by molar-refractivity contribution is 0.102. The number of benzene rings is 3. The number of methoxy groups -OCH3 is 1. The van der Waals surface area contributed by atoms with Gasteiger partial charge in [-0.2, -0.15) is 0 Å². The molecule has 0 unspecified atom stereocenters. The van der Waals surface area contributed by atoms with E-state index in [1.807, 2.05) is 53.2 Å². The first-order valence-corrected chi connectivity index (χ1v) is 12.5. The number of ether oxygens (including phenoxy) is 1. The summed E-state index contributed by atoms with van der Waals surface area (Å²) in [5, 5.41) is 15.2. The van der Waals surface area contributed by atoms with Gasteiger partial charge in [0.15, 0.2) is 0 Å². The van der Waals surface area contributed by atoms with Crippen LogP contribution in [0.3, 0.4) is 0 Å². The zero-order valence-electron chi connectivity index (χ0n) is 20.6. The zero-order chi connectivity index (χ0) is 24.7. The highest BCUT2D eigenvalue weighted by Crippen LogP contribution is 2.25. The van der Waals surface area contributed by atoms with Gasteiger partial charge in [0.05, 0.1) is 18.2 Å². The third kappa shape index (κ3) is 5.49. The Morgan fingerprint density at radius 2 is 1.83 bits per heavy atom. The minimum atomic E-state index is -0.175. The maximum atomic E-state index is 12.8. The Balaban J connectivity index is 1.09. The van der Waals surface area contributed by atoms with Gasteiger partial charge in [-0.05, 0) is 68.3 Å². The summed E-state index contributed by atoms with van der Waals surface area (Å²) in [5.41, 5.74) is 4.47. The minimum Gasteiger partial charge on any atom is -0.496 e. The second-order valence-electron chi connectivity index (χ2n) is 9.08. The Hall–Kier alpha value is -3.91. The number of amides is 1. The van der Waals surface area contributed by atoms with Crippen molar-refractivity contribution in [2.75, 3.05) is 37.0 Å². The summed E-state index contributed by atoms with van der Waals surface area (Å²) in [6, 6.07) is 23.9. The number of carbonyl (C=O) groups excluding carboxylic acids is 1. The van der Waals surface area contributed by atoms with Gasteiger partial charge in [0, 0.05) is 37.1 Å². The van der Waals surface area contributed by atoms with Crippen LogP contribution in [0.5, 0.6) is 5.75 Å². The number of aromatic nitrogens is 3. The fourth-order valence-electron chi connectivity index (χ4n) is 4.77. The molecular formula is C28H32N6O2. The summed E-state index contributed by atoms with van der Waals surface area (Å²) in [7, 11) is 1.57. The van der Waals surface area contributed by atoms with Crippen LogP contribution in [0.4, 0.5) is 11.4 Å². The molecule has 0 saturated carbocycles. The number of nitrogens with one attached hydrogen (secondary N) is 2. The van der Waals surface area contributed by atoms with E-state index in [0.29, 0.717) is 17.4 Å². The zero-order valence-corrected chi connectivity index (χ0v) is 20.6. The normalized spacial score (nSPS) is 14.2. The number of nitrogens with zero attached hydrogens (tertiary/aromatic N) is 4. The highest BCUT2D eigenvalue weighted by molar-refractivity contribution is 6.06. The van der Waals surface area contributed by atoms with Crippen molar-refractivity contribution in [1.29, 1.82) is 0 Å². The first-order valence-electron chi connectivity index (χ1n) is 12.5. The molecule has 8 heteroatoms. The molecule has 0 radical (unpaired) electrons. The van der Waals surface area contributed by atoms with Gasteiger partial charge in [0.2, 0.25) is 0 Å². The van der Waals surface area contributed by atoms with E-state index in [9.17, 15) is 4.79 Å². The standard InChI is InChI=1S/C28H32N6O2/c1-36-27-13-5-2-10-24(27)28(35)30-22-8-6-9-23(20-22)33-18-14-21(15-19-33)29-16-7-17-34-26-12-4-3-11-25(26)31-32-34/h2-6,8-13,20-21,29H,7,14-19H2,1H3,(H,30,35). The fourth-order valence-corrected chi connectivity index (χ4v) is 4.77. The van der Waals surface area contributed by atoms with Crippen LogP contribution >= 0.6 is 0 Å². The lowest BCUT2D eigenvalue weighted by atomic mass is 10.0. The molecule has 1 amide bonds. The Bertz CT molecular complexity index is 1310. The van der Waals surface area contributed by atoms with Gasteiger partial charge in [0.25, 0.3) is 5.91 Å². The molecule has 8 nitrogen and oxygen atoms in total. The van der Waals surface area contributed by atoms with Gasteiger partial charge < -0.3 is 20.3 Å². The fraction of sp³-hybridized carbons (Fsp3) is 0.321. The van der Waals surface area contributed by atoms with Crippen LogP contribution in [0, 0.1) is 0 Å². The number of hydrogen-bond acceptors (Lipinski definition) is 6. The van der Waals surface area contributed by atoms with Gasteiger partial charge in [-0.1, -0.05) is 35.5 Å². The summed E-state index contributed by atoms with van der Waals surface area (Å²) in [6.07, 6.45) is 3.19. The lowest BCUT2D eigenvalue weighted by Crippen LogP contribution is -2.43. The Morgan fingerprint density at radius 1 is 1.03 bits per heavy atom. The molecule has 0 bridgehead atoms. The summed E-state index contributed by atoms with van der Waals surface area (Å²) < 4.78 is 7.31. The second-order valence-corrected chi connectivity index (χ2v) is 9.08. The van der Waals surface area contributed by atoms with E-state index in [1.54, 1.807) is 19.2 Å². The van der Waals surface area contributed by atoms with Crippen molar-refractivity contribution in [2.45, 2.75) is 31.8 Å². The molecule has 1 aromatic heterocycles. The van der Waals surface area contributed by atoms with E-state index >= 15 is 0 Å². The summed E-state index contributed by atoms with van der Waals surface area (Å²) in [4.78, 5) is 15.2. The number of fused-ring (bicyclic) bond motifs is 1. The number of carbonyl (C=O) groups is 1. The molecule has 1 fully saturated rings. The number of anilines is 2. The van der Waals surface area contributed by atoms with Crippen molar-refractivity contribution in [2.24, 2.45) is 0 Å². The van der Waals surface area contributed by atoms with Crippen LogP contribution in [-0.2, 0) is 6.54 Å². The Morgan fingerprint density at radius 3 is 2.69 bits per heavy atom. The van der Waals surface area contributed by atoms with E-state index < -0.39 is 0 Å². The van der Waals surface area contributed by atoms with Crippen molar-refractivity contribution in [3.63, 3.8) is 0 Å². The van der Waals surface area contributed by atoms with E-state index in [1.165, 1.54) is 0 Å². The first kappa shape index (κ1) is 23.8. The number of para-hydroxylation sites is 2. The highest BCUT2D eigenvalue weighted by Gasteiger charge is 2.19. The van der Waals surface area contributed by atoms with E-state index in [4.69, 9.17) is 4.74 Å². The molecule has 3 aromatic carbocycles. The predicted octanol–water partition coefficient (Wildman–Crippen LogP) is 4.34. The lowest BCUT2D eigenvalue weighted by Gasteiger charge is -2.34. The van der Waals surface area contributed by atoms with E-state index in [2.05, 4.69) is 38.0 Å². The maximum absolute atomic E-state index is 12.8. The molecule has 2 heterocycles. The average Bonchev–Trinajstić information content (AvgIpc) is 3.34. The molecule has 1 saturated heterocycles. The van der Waals surface area contributed by atoms with E-state index in [0.717, 1.165) is 67.8 Å². The summed E-state index contributed by atoms with van der Waals surface area (Å²) in [6.45, 7) is 3.79. The number of hydrogen-bond donors (Lipinski definition) is 2. The van der Waals surface area contributed by atoms with Gasteiger partial charge in [-0.15, -0.1) is 5.10 Å². The van der Waals surface area contributed by atoms with Gasteiger partial charge in [-0.25, -0.2) is 4.68 Å². The maximum Gasteiger partial charge on any atom is 0.259 e. The molecule has 36 heavy (non-hydrogen) atoms. The van der Waals surface area contributed by atoms with Crippen LogP contribution in [0.2, 0.25) is 0 Å². The van der Waals surface area contributed by atoms with Crippen molar-refractivity contribution in [1.82, 2.24) is 20.3 Å². The van der Waals surface area contributed by atoms with Crippen LogP contribution in [0.15, 0.2) is 72.8 Å². The van der Waals surface area contributed by atoms with Crippen molar-refractivity contribution >= 4 is 28.3 Å². The molecule has 0 aliphatic carbocycles. The molecule has 1 aliphatic heterocycles. The number of piperidine rings is 1. The molecule has 4 aromatic rings. The van der Waals surface area contributed by atoms with Gasteiger partial charge in [-0.3, -0.25) is 4.79 Å². The second kappa shape index (κ2) is 11.2. The topological polar surface area (TPSA) is 84.3 Å². The molecule has 0 atom stereocenters. The van der Waals surface area contributed by atoms with Gasteiger partial charge in [0.1, 0.15) is 11.3 Å². The summed E-state index contributed by atoms with van der Waals surface area (Å²) in [5.74, 6) is 0.391. The third-order valence-electron chi connectivity index (χ3n) is 6.72. The molecule has 2 N–H and O–H groups in total. The van der Waals surface area contributed by atoms with Crippen molar-refractivity contribution in [3.05, 3.63) is 78.4 Å². The minimum absolute atomic E-state index is 0.175. The largest absolute Gasteiger partial charge is 0.496 e. The van der Waals surface area contributed by atoms with Crippen molar-refractivity contribution in [3.8, 4) is 5.75 Å². The smallest absolute Gasteiger partial charge is 0.259 e. The molecule has 0 spiro atoms. The van der Waals surface area contributed by atoms with Crippen LogP contribution in [0.25, 0.3) is 11.0 Å². The van der Waals surface area contributed by atoms with Crippen LogP contribution in [0.1, 0.15) is 29.6 Å². The third-order valence-corrected chi connectivity index (χ3v) is 6.72. The Labute approximate surface area is 211 Å². The quantitative estimate of drug-likeness (QED) is 0.344. The number of aryl methyl sites for hydroxylation is 1. The highest BCUT2D eigenvalue weighted by atomic mass is 16.5. The molecule has 1 aliphatic rings. The monoisotopic (exact) mass is 484 g/mol. The van der Waals surface area contributed by atoms with Crippen molar-refractivity contribution < 1.29 is 9.53 Å². The molecule has 186 valence electrons. The Kier molecular flexibility index (Phi) is 7.42. The SMILES string of the molecule is COc1ccccc1C(=O)Nc1cccc(N2CCC(NCCCn3nnc4ccccc43)CC2)c1. The first-order chi connectivity index (χ1) is 17.7. The predicted molar refractivity (Wildman–Crippen MR) is 143 cm³/mol. The van der Waals surface area contributed by atoms with Gasteiger partial charge >= 0.3 is 0 Å².